The second-order valence-corrected chi connectivity index (χ2v) is 5.78. The van der Waals surface area contributed by atoms with Crippen molar-refractivity contribution in [3.8, 4) is 0 Å². The third-order valence-corrected chi connectivity index (χ3v) is 4.59. The Morgan fingerprint density at radius 1 is 1.53 bits per heavy atom. The summed E-state index contributed by atoms with van der Waals surface area (Å²) < 4.78 is 0. The van der Waals surface area contributed by atoms with Gasteiger partial charge in [0.1, 0.15) is 6.29 Å². The first-order valence-electron chi connectivity index (χ1n) is 6.54. The number of carbonyl (C=O) groups is 1. The molecule has 0 radical (unpaired) electrons. The van der Waals surface area contributed by atoms with E-state index in [9.17, 15) is 9.90 Å². The number of allylic oxidation sites excluding steroid dienone is 4. The van der Waals surface area contributed by atoms with Gasteiger partial charge in [0.05, 0.1) is 0 Å². The molecule has 1 N–H and O–H groups in total. The Morgan fingerprint density at radius 2 is 2.29 bits per heavy atom. The van der Waals surface area contributed by atoms with Crippen molar-refractivity contribution in [2.24, 2.45) is 17.3 Å². The summed E-state index contributed by atoms with van der Waals surface area (Å²) in [5.74, 6) is 0.947. The quantitative estimate of drug-likeness (QED) is 0.589. The molecule has 2 heteroatoms. The molecule has 0 aromatic carbocycles. The van der Waals surface area contributed by atoms with Crippen LogP contribution >= 0.6 is 0 Å². The molecular weight excluding hydrogens is 212 g/mol. The number of fused-ring (bicyclic) bond motifs is 1. The highest BCUT2D eigenvalue weighted by Gasteiger charge is 2.58. The lowest BCUT2D eigenvalue weighted by Crippen LogP contribution is -2.05. The number of hydrogen-bond donors (Lipinski definition) is 1. The Kier molecular flexibility index (Phi) is 3.53. The molecule has 0 aromatic heterocycles. The van der Waals surface area contributed by atoms with Crippen LogP contribution < -0.4 is 0 Å². The van der Waals surface area contributed by atoms with Crippen LogP contribution in [0.4, 0.5) is 0 Å². The van der Waals surface area contributed by atoms with Crippen LogP contribution in [0.5, 0.6) is 0 Å². The summed E-state index contributed by atoms with van der Waals surface area (Å²) in [6.07, 6.45) is 9.40. The number of aliphatic hydroxyl groups excluding tert-OH is 1. The van der Waals surface area contributed by atoms with Crippen molar-refractivity contribution >= 4 is 6.29 Å². The van der Waals surface area contributed by atoms with E-state index in [0.29, 0.717) is 11.8 Å². The lowest BCUT2D eigenvalue weighted by atomic mass is 10.0. The second-order valence-electron chi connectivity index (χ2n) is 5.78. The third-order valence-electron chi connectivity index (χ3n) is 4.59. The highest BCUT2D eigenvalue weighted by atomic mass is 16.3. The average Bonchev–Trinajstić information content (AvgIpc) is 2.90. The zero-order valence-corrected chi connectivity index (χ0v) is 10.8. The first-order chi connectivity index (χ1) is 8.11. The standard InChI is InChI=1S/C15H22O2/c1-11-4-3-5-12(9-16)8-14-13(7-6-11)15(14,2)10-17/h4,8-9,13-14,17H,3,5-7,10H2,1-2H3/b11-4+,12-8+/t13-,14+,15+/m1/s1. The molecule has 0 bridgehead atoms. The van der Waals surface area contributed by atoms with Crippen LogP contribution in [0.3, 0.4) is 0 Å². The summed E-state index contributed by atoms with van der Waals surface area (Å²) in [4.78, 5) is 11.0. The van der Waals surface area contributed by atoms with E-state index in [1.807, 2.05) is 0 Å². The van der Waals surface area contributed by atoms with Crippen LogP contribution in [0, 0.1) is 17.3 Å². The van der Waals surface area contributed by atoms with Gasteiger partial charge in [-0.05, 0) is 50.0 Å². The molecule has 2 aliphatic rings. The largest absolute Gasteiger partial charge is 0.396 e. The Labute approximate surface area is 103 Å². The Bertz CT molecular complexity index is 367. The molecule has 0 spiro atoms. The van der Waals surface area contributed by atoms with Gasteiger partial charge < -0.3 is 5.11 Å². The van der Waals surface area contributed by atoms with Gasteiger partial charge in [0, 0.05) is 12.0 Å². The molecular formula is C15H22O2. The van der Waals surface area contributed by atoms with Crippen molar-refractivity contribution in [2.75, 3.05) is 6.61 Å². The number of carbonyl (C=O) groups excluding carboxylic acids is 1. The maximum Gasteiger partial charge on any atom is 0.145 e. The molecule has 2 rings (SSSR count). The molecule has 17 heavy (non-hydrogen) atoms. The van der Waals surface area contributed by atoms with Crippen molar-refractivity contribution in [1.29, 1.82) is 0 Å². The Balaban J connectivity index is 2.20. The van der Waals surface area contributed by atoms with Gasteiger partial charge in [0.2, 0.25) is 0 Å². The molecule has 0 amide bonds. The maximum absolute atomic E-state index is 11.0. The normalized spacial score (nSPS) is 43.7. The van der Waals surface area contributed by atoms with Gasteiger partial charge in [-0.1, -0.05) is 24.6 Å². The maximum atomic E-state index is 11.0. The smallest absolute Gasteiger partial charge is 0.145 e. The Hall–Kier alpha value is -0.890. The van der Waals surface area contributed by atoms with Crippen molar-refractivity contribution < 1.29 is 9.90 Å². The van der Waals surface area contributed by atoms with E-state index in [1.165, 1.54) is 5.57 Å². The SMILES string of the molecule is C/C1=C\CC/C(C=O)=C\[C@H]2[C@@H](CC1)[C@]2(C)CO. The Morgan fingerprint density at radius 3 is 2.94 bits per heavy atom. The van der Waals surface area contributed by atoms with Gasteiger partial charge in [-0.25, -0.2) is 0 Å². The molecule has 94 valence electrons. The summed E-state index contributed by atoms with van der Waals surface area (Å²) in [6, 6.07) is 0. The molecule has 2 nitrogen and oxygen atoms in total. The number of aldehydes is 1. The molecule has 1 fully saturated rings. The molecule has 0 saturated heterocycles. The van der Waals surface area contributed by atoms with Gasteiger partial charge in [-0.15, -0.1) is 0 Å². The summed E-state index contributed by atoms with van der Waals surface area (Å²) in [7, 11) is 0. The average molecular weight is 234 g/mol. The minimum absolute atomic E-state index is 0.0128. The van der Waals surface area contributed by atoms with E-state index >= 15 is 0 Å². The molecule has 0 aliphatic heterocycles. The van der Waals surface area contributed by atoms with Gasteiger partial charge in [0.25, 0.3) is 0 Å². The van der Waals surface area contributed by atoms with Crippen molar-refractivity contribution in [3.63, 3.8) is 0 Å². The van der Waals surface area contributed by atoms with E-state index in [0.717, 1.165) is 37.5 Å². The van der Waals surface area contributed by atoms with Crippen molar-refractivity contribution in [1.82, 2.24) is 0 Å². The van der Waals surface area contributed by atoms with Gasteiger partial charge in [0.15, 0.2) is 0 Å². The van der Waals surface area contributed by atoms with Gasteiger partial charge in [-0.2, -0.15) is 0 Å². The molecule has 0 aromatic rings. The third kappa shape index (κ3) is 2.37. The van der Waals surface area contributed by atoms with Crippen molar-refractivity contribution in [3.05, 3.63) is 23.3 Å². The number of aliphatic hydroxyl groups is 1. The molecule has 0 unspecified atom stereocenters. The van der Waals surface area contributed by atoms with E-state index < -0.39 is 0 Å². The minimum atomic E-state index is 0.0128. The van der Waals surface area contributed by atoms with Crippen LogP contribution in [0.15, 0.2) is 23.3 Å². The van der Waals surface area contributed by atoms with E-state index in [2.05, 4.69) is 26.0 Å². The first kappa shape index (κ1) is 12.6. The lowest BCUT2D eigenvalue weighted by molar-refractivity contribution is -0.105. The number of hydrogen-bond acceptors (Lipinski definition) is 2. The second kappa shape index (κ2) is 4.77. The van der Waals surface area contributed by atoms with Gasteiger partial charge in [-0.3, -0.25) is 4.79 Å². The monoisotopic (exact) mass is 234 g/mol. The zero-order valence-electron chi connectivity index (χ0n) is 10.8. The van der Waals surface area contributed by atoms with Gasteiger partial charge >= 0.3 is 0 Å². The topological polar surface area (TPSA) is 37.3 Å². The summed E-state index contributed by atoms with van der Waals surface area (Å²) in [5.41, 5.74) is 2.34. The fourth-order valence-corrected chi connectivity index (χ4v) is 3.12. The summed E-state index contributed by atoms with van der Waals surface area (Å²) in [5, 5.41) is 9.51. The fourth-order valence-electron chi connectivity index (χ4n) is 3.12. The fraction of sp³-hybridized carbons (Fsp3) is 0.667. The lowest BCUT2D eigenvalue weighted by Gasteiger charge is -2.06. The van der Waals surface area contributed by atoms with E-state index in [-0.39, 0.29) is 12.0 Å². The molecule has 3 atom stereocenters. The van der Waals surface area contributed by atoms with E-state index in [4.69, 9.17) is 0 Å². The van der Waals surface area contributed by atoms with Crippen LogP contribution in [-0.2, 0) is 4.79 Å². The predicted molar refractivity (Wildman–Crippen MR) is 68.5 cm³/mol. The van der Waals surface area contributed by atoms with Crippen LogP contribution in [0.1, 0.15) is 39.5 Å². The van der Waals surface area contributed by atoms with Crippen LogP contribution in [0.2, 0.25) is 0 Å². The summed E-state index contributed by atoms with van der Waals surface area (Å²) >= 11 is 0. The highest BCUT2D eigenvalue weighted by Crippen LogP contribution is 2.61. The first-order valence-corrected chi connectivity index (χ1v) is 6.54. The minimum Gasteiger partial charge on any atom is -0.396 e. The molecule has 0 heterocycles. The predicted octanol–water partition coefficient (Wildman–Crippen LogP) is 2.88. The highest BCUT2D eigenvalue weighted by molar-refractivity contribution is 5.73. The van der Waals surface area contributed by atoms with Crippen LogP contribution in [-0.4, -0.2) is 18.0 Å². The van der Waals surface area contributed by atoms with E-state index in [1.54, 1.807) is 0 Å². The summed E-state index contributed by atoms with van der Waals surface area (Å²) in [6.45, 7) is 4.53. The zero-order chi connectivity index (χ0) is 12.5. The van der Waals surface area contributed by atoms with Crippen molar-refractivity contribution in [2.45, 2.75) is 39.5 Å². The molecule has 1 saturated carbocycles. The van der Waals surface area contributed by atoms with Crippen LogP contribution in [0.25, 0.3) is 0 Å². The molecule has 2 aliphatic carbocycles. The number of rotatable bonds is 2.